The van der Waals surface area contributed by atoms with Gasteiger partial charge in [-0.25, -0.2) is 4.39 Å². The van der Waals surface area contributed by atoms with Crippen molar-refractivity contribution in [1.82, 2.24) is 14.4 Å². The molecule has 2 aliphatic rings. The van der Waals surface area contributed by atoms with E-state index in [1.807, 2.05) is 0 Å². The van der Waals surface area contributed by atoms with Crippen LogP contribution in [0.2, 0.25) is 0 Å². The Morgan fingerprint density at radius 3 is 2.85 bits per heavy atom. The molecule has 0 bridgehead atoms. The molecule has 1 atom stereocenters. The summed E-state index contributed by atoms with van der Waals surface area (Å²) < 4.78 is 15.3. The van der Waals surface area contributed by atoms with Crippen LogP contribution in [0.25, 0.3) is 10.9 Å². The number of piperidine rings is 1. The van der Waals surface area contributed by atoms with Gasteiger partial charge in [-0.3, -0.25) is 9.59 Å². The lowest BCUT2D eigenvalue weighted by Crippen LogP contribution is -2.51. The van der Waals surface area contributed by atoms with Crippen molar-refractivity contribution in [1.29, 1.82) is 0 Å². The molecule has 2 aliphatic heterocycles. The lowest BCUT2D eigenvalue weighted by Gasteiger charge is -2.39. The summed E-state index contributed by atoms with van der Waals surface area (Å²) in [6, 6.07) is 6.20. The highest BCUT2D eigenvalue weighted by Gasteiger charge is 2.49. The summed E-state index contributed by atoms with van der Waals surface area (Å²) in [6.07, 6.45) is 2.32. The van der Waals surface area contributed by atoms with Crippen molar-refractivity contribution in [2.45, 2.75) is 19.3 Å². The van der Waals surface area contributed by atoms with Gasteiger partial charge in [-0.2, -0.15) is 0 Å². The molecule has 6 nitrogen and oxygen atoms in total. The second-order valence-corrected chi connectivity index (χ2v) is 7.67. The fourth-order valence-corrected chi connectivity index (χ4v) is 4.60. The van der Waals surface area contributed by atoms with Gasteiger partial charge in [0, 0.05) is 44.1 Å². The quantitative estimate of drug-likeness (QED) is 0.892. The zero-order chi connectivity index (χ0) is 19.2. The van der Waals surface area contributed by atoms with Gasteiger partial charge in [-0.1, -0.05) is 0 Å². The summed E-state index contributed by atoms with van der Waals surface area (Å²) in [5.74, 6) is -0.403. The molecule has 1 aromatic heterocycles. The molecule has 2 fully saturated rings. The average molecular weight is 373 g/mol. The summed E-state index contributed by atoms with van der Waals surface area (Å²) >= 11 is 0. The van der Waals surface area contributed by atoms with Gasteiger partial charge in [0.2, 0.25) is 5.91 Å². The standard InChI is InChI=1S/C20H24FN3O3/c1-22-16-4-3-15(21)11-14(16)12-17(22)18(26)24-8-6-20(13-24)5-2-7-23(9-10-25)19(20)27/h3-4,11-12,25H,2,5-10,13H2,1H3/t20-/m0/s1. The molecule has 2 aromatic rings. The number of likely N-dealkylation sites (tertiary alicyclic amines) is 2. The maximum Gasteiger partial charge on any atom is 0.270 e. The van der Waals surface area contributed by atoms with Crippen LogP contribution < -0.4 is 0 Å². The van der Waals surface area contributed by atoms with Gasteiger partial charge >= 0.3 is 0 Å². The summed E-state index contributed by atoms with van der Waals surface area (Å²) in [7, 11) is 1.80. The first kappa shape index (κ1) is 18.0. The van der Waals surface area contributed by atoms with E-state index < -0.39 is 5.41 Å². The Morgan fingerprint density at radius 2 is 2.07 bits per heavy atom. The van der Waals surface area contributed by atoms with Crippen molar-refractivity contribution in [3.8, 4) is 0 Å². The molecule has 0 unspecified atom stereocenters. The third-order valence-electron chi connectivity index (χ3n) is 6.06. The summed E-state index contributed by atoms with van der Waals surface area (Å²) in [5.41, 5.74) is 0.777. The van der Waals surface area contributed by atoms with Crippen LogP contribution in [0.15, 0.2) is 24.3 Å². The number of carbonyl (C=O) groups excluding carboxylic acids is 2. The van der Waals surface area contributed by atoms with E-state index >= 15 is 0 Å². The van der Waals surface area contributed by atoms with Crippen LogP contribution >= 0.6 is 0 Å². The van der Waals surface area contributed by atoms with E-state index in [1.54, 1.807) is 33.5 Å². The van der Waals surface area contributed by atoms with Crippen LogP contribution in [0.5, 0.6) is 0 Å². The Labute approximate surface area is 157 Å². The zero-order valence-corrected chi connectivity index (χ0v) is 15.4. The van der Waals surface area contributed by atoms with E-state index in [4.69, 9.17) is 0 Å². The van der Waals surface area contributed by atoms with Gasteiger partial charge in [0.1, 0.15) is 11.5 Å². The number of rotatable bonds is 3. The second-order valence-electron chi connectivity index (χ2n) is 7.67. The fraction of sp³-hybridized carbons (Fsp3) is 0.500. The van der Waals surface area contributed by atoms with Crippen molar-refractivity contribution < 1.29 is 19.1 Å². The van der Waals surface area contributed by atoms with Crippen LogP contribution in [0, 0.1) is 11.2 Å². The Kier molecular flexibility index (Phi) is 4.42. The third-order valence-corrected chi connectivity index (χ3v) is 6.06. The Hall–Kier alpha value is -2.41. The number of nitrogens with zero attached hydrogens (tertiary/aromatic N) is 3. The molecule has 1 N–H and O–H groups in total. The maximum absolute atomic E-state index is 13.5. The molecule has 2 saturated heterocycles. The first-order valence-corrected chi connectivity index (χ1v) is 9.40. The minimum atomic E-state index is -0.528. The zero-order valence-electron chi connectivity index (χ0n) is 15.4. The number of hydrogen-bond acceptors (Lipinski definition) is 3. The van der Waals surface area contributed by atoms with Crippen LogP contribution in [0.3, 0.4) is 0 Å². The number of amides is 2. The van der Waals surface area contributed by atoms with Gasteiger partial charge in [0.05, 0.1) is 12.0 Å². The van der Waals surface area contributed by atoms with E-state index in [2.05, 4.69) is 0 Å². The van der Waals surface area contributed by atoms with Crippen molar-refractivity contribution >= 4 is 22.7 Å². The number of benzene rings is 1. The average Bonchev–Trinajstić information content (AvgIpc) is 3.21. The highest BCUT2D eigenvalue weighted by atomic mass is 19.1. The van der Waals surface area contributed by atoms with E-state index in [1.165, 1.54) is 12.1 Å². The number of carbonyl (C=O) groups is 2. The highest BCUT2D eigenvalue weighted by molar-refractivity contribution is 5.99. The molecule has 3 heterocycles. The first-order valence-electron chi connectivity index (χ1n) is 9.40. The molecule has 7 heteroatoms. The van der Waals surface area contributed by atoms with Crippen LogP contribution in [-0.4, -0.2) is 64.1 Å². The summed E-state index contributed by atoms with van der Waals surface area (Å²) in [4.78, 5) is 29.5. The molecule has 1 aromatic carbocycles. The molecule has 4 rings (SSSR count). The van der Waals surface area contributed by atoms with Crippen LogP contribution in [0.1, 0.15) is 29.8 Å². The van der Waals surface area contributed by atoms with Gasteiger partial charge in [-0.15, -0.1) is 0 Å². The minimum absolute atomic E-state index is 0.0447. The fourth-order valence-electron chi connectivity index (χ4n) is 4.60. The number of aromatic nitrogens is 1. The molecule has 0 saturated carbocycles. The molecule has 27 heavy (non-hydrogen) atoms. The second kappa shape index (κ2) is 6.64. The lowest BCUT2D eigenvalue weighted by molar-refractivity contribution is -0.146. The van der Waals surface area contributed by atoms with Crippen LogP contribution in [0.4, 0.5) is 4.39 Å². The Bertz CT molecular complexity index is 907. The molecule has 2 amide bonds. The molecular formula is C20H24FN3O3. The van der Waals surface area contributed by atoms with E-state index in [0.29, 0.717) is 43.7 Å². The number of halogens is 1. The van der Waals surface area contributed by atoms with Gasteiger partial charge < -0.3 is 19.5 Å². The number of fused-ring (bicyclic) bond motifs is 1. The van der Waals surface area contributed by atoms with Crippen molar-refractivity contribution in [2.75, 3.05) is 32.8 Å². The number of hydrogen-bond donors (Lipinski definition) is 1. The molecule has 1 spiro atoms. The smallest absolute Gasteiger partial charge is 0.270 e. The maximum atomic E-state index is 13.5. The minimum Gasteiger partial charge on any atom is -0.395 e. The first-order chi connectivity index (χ1) is 12.9. The predicted molar refractivity (Wildman–Crippen MR) is 98.7 cm³/mol. The number of aliphatic hydroxyl groups is 1. The van der Waals surface area contributed by atoms with Gasteiger partial charge in [-0.05, 0) is 43.5 Å². The predicted octanol–water partition coefficient (Wildman–Crippen LogP) is 1.76. The monoisotopic (exact) mass is 373 g/mol. The third kappa shape index (κ3) is 2.90. The highest BCUT2D eigenvalue weighted by Crippen LogP contribution is 2.40. The van der Waals surface area contributed by atoms with E-state index in [0.717, 1.165) is 18.4 Å². The Balaban J connectivity index is 1.58. The van der Waals surface area contributed by atoms with Crippen molar-refractivity contribution in [3.63, 3.8) is 0 Å². The lowest BCUT2D eigenvalue weighted by atomic mass is 9.78. The van der Waals surface area contributed by atoms with E-state index in [9.17, 15) is 19.1 Å². The molecular weight excluding hydrogens is 349 g/mol. The number of aliphatic hydroxyl groups excluding tert-OH is 1. The summed E-state index contributed by atoms with van der Waals surface area (Å²) in [6.45, 7) is 1.92. The Morgan fingerprint density at radius 1 is 1.26 bits per heavy atom. The van der Waals surface area contributed by atoms with Crippen molar-refractivity contribution in [3.05, 3.63) is 35.8 Å². The van der Waals surface area contributed by atoms with Crippen molar-refractivity contribution in [2.24, 2.45) is 12.5 Å². The van der Waals surface area contributed by atoms with Gasteiger partial charge in [0.25, 0.3) is 5.91 Å². The van der Waals surface area contributed by atoms with Gasteiger partial charge in [0.15, 0.2) is 0 Å². The summed E-state index contributed by atoms with van der Waals surface area (Å²) in [5, 5.41) is 9.88. The number of β-amino-alcohol motifs (C(OH)–C–C–N with tert-alkyl or cyclic N) is 1. The topological polar surface area (TPSA) is 65.8 Å². The SMILES string of the molecule is Cn1c(C(=O)N2CC[C@@]3(CCCN(CCO)C3=O)C2)cc2cc(F)ccc21. The number of aryl methyl sites for hydroxylation is 1. The normalized spacial score (nSPS) is 23.0. The van der Waals surface area contributed by atoms with Crippen LogP contribution in [-0.2, 0) is 11.8 Å². The largest absolute Gasteiger partial charge is 0.395 e. The van der Waals surface area contributed by atoms with E-state index in [-0.39, 0.29) is 24.2 Å². The molecule has 0 radical (unpaired) electrons. The molecule has 144 valence electrons. The molecule has 0 aliphatic carbocycles.